The number of hydrogen-bond donors (Lipinski definition) is 2. The second kappa shape index (κ2) is 8.71. The van der Waals surface area contributed by atoms with Gasteiger partial charge in [-0.15, -0.1) is 0 Å². The summed E-state index contributed by atoms with van der Waals surface area (Å²) >= 11 is 13.0. The van der Waals surface area contributed by atoms with E-state index in [4.69, 9.17) is 27.9 Å². The van der Waals surface area contributed by atoms with Crippen LogP contribution in [0.15, 0.2) is 23.2 Å². The molecule has 1 heterocycles. The van der Waals surface area contributed by atoms with Crippen molar-refractivity contribution in [3.8, 4) is 0 Å². The molecule has 6 nitrogen and oxygen atoms in total. The molecule has 24 heavy (non-hydrogen) atoms. The molecule has 0 saturated carbocycles. The zero-order valence-electron chi connectivity index (χ0n) is 13.1. The van der Waals surface area contributed by atoms with Gasteiger partial charge in [-0.2, -0.15) is 0 Å². The first-order chi connectivity index (χ1) is 11.4. The molecule has 1 fully saturated rings. The second-order valence-electron chi connectivity index (χ2n) is 5.22. The number of amidine groups is 1. The second-order valence-corrected chi connectivity index (χ2v) is 7.22. The third-order valence-electron chi connectivity index (χ3n) is 3.10. The Bertz CT molecular complexity index is 669. The molecule has 0 radical (unpaired) electrons. The van der Waals surface area contributed by atoms with Gasteiger partial charge in [0.25, 0.3) is 0 Å². The van der Waals surface area contributed by atoms with Crippen LogP contribution in [-0.4, -0.2) is 42.0 Å². The first-order valence-electron chi connectivity index (χ1n) is 7.18. The number of benzene rings is 1. The van der Waals surface area contributed by atoms with Crippen molar-refractivity contribution in [2.24, 2.45) is 4.99 Å². The molecule has 0 aromatic heterocycles. The highest BCUT2D eigenvalue weighted by atomic mass is 35.5. The molecular formula is C15H17Cl2N3O3S. The van der Waals surface area contributed by atoms with E-state index in [2.05, 4.69) is 15.6 Å². The van der Waals surface area contributed by atoms with E-state index in [9.17, 15) is 9.59 Å². The van der Waals surface area contributed by atoms with Crippen LogP contribution in [0.5, 0.6) is 0 Å². The summed E-state index contributed by atoms with van der Waals surface area (Å²) in [5.41, 5.74) is 0.528. The lowest BCUT2D eigenvalue weighted by Gasteiger charge is -2.08. The van der Waals surface area contributed by atoms with Gasteiger partial charge >= 0.3 is 0 Å². The fourth-order valence-electron chi connectivity index (χ4n) is 2.03. The van der Waals surface area contributed by atoms with Gasteiger partial charge in [0.05, 0.1) is 22.7 Å². The quantitative estimate of drug-likeness (QED) is 0.783. The number of ether oxygens (including phenoxy) is 1. The van der Waals surface area contributed by atoms with E-state index in [1.54, 1.807) is 25.3 Å². The minimum atomic E-state index is -0.513. The summed E-state index contributed by atoms with van der Waals surface area (Å²) in [6, 6.07) is 4.73. The maximum absolute atomic E-state index is 12.1. The largest absolute Gasteiger partial charge is 0.382 e. The average molecular weight is 390 g/mol. The monoisotopic (exact) mass is 389 g/mol. The Kier molecular flexibility index (Phi) is 6.91. The summed E-state index contributed by atoms with van der Waals surface area (Å²) in [6.45, 7) is 2.34. The number of methoxy groups -OCH3 is 1. The highest BCUT2D eigenvalue weighted by Crippen LogP contribution is 2.26. The van der Waals surface area contributed by atoms with Gasteiger partial charge in [-0.1, -0.05) is 35.0 Å². The van der Waals surface area contributed by atoms with Crippen LogP contribution in [0.3, 0.4) is 0 Å². The molecule has 130 valence electrons. The fraction of sp³-hybridized carbons (Fsp3) is 0.400. The van der Waals surface area contributed by atoms with Crippen molar-refractivity contribution in [1.82, 2.24) is 5.32 Å². The van der Waals surface area contributed by atoms with Crippen LogP contribution >= 0.6 is 35.0 Å². The third-order valence-corrected chi connectivity index (χ3v) is 4.93. The van der Waals surface area contributed by atoms with Crippen molar-refractivity contribution in [2.75, 3.05) is 19.0 Å². The lowest BCUT2D eigenvalue weighted by molar-refractivity contribution is -0.122. The number of aliphatic imine (C=N–C) groups is 1. The van der Waals surface area contributed by atoms with Crippen LogP contribution in [0.4, 0.5) is 5.69 Å². The van der Waals surface area contributed by atoms with Crippen LogP contribution in [0.1, 0.15) is 13.3 Å². The number of thioether (sulfide) groups is 1. The Morgan fingerprint density at radius 1 is 1.46 bits per heavy atom. The predicted molar refractivity (Wildman–Crippen MR) is 98.0 cm³/mol. The number of anilines is 1. The Hall–Kier alpha value is -1.28. The summed E-state index contributed by atoms with van der Waals surface area (Å²) < 4.78 is 5.00. The summed E-state index contributed by atoms with van der Waals surface area (Å²) in [5.74, 6) is -0.514. The lowest BCUT2D eigenvalue weighted by Crippen LogP contribution is -2.28. The lowest BCUT2D eigenvalue weighted by atomic mass is 10.2. The Morgan fingerprint density at radius 3 is 2.88 bits per heavy atom. The molecule has 1 aliphatic rings. The number of hydrogen-bond acceptors (Lipinski definition) is 5. The smallest absolute Gasteiger partial charge is 0.240 e. The topological polar surface area (TPSA) is 79.8 Å². The molecule has 2 atom stereocenters. The van der Waals surface area contributed by atoms with Gasteiger partial charge in [0.1, 0.15) is 5.25 Å². The number of carbonyl (C=O) groups excluding carboxylic acids is 2. The van der Waals surface area contributed by atoms with Crippen molar-refractivity contribution in [3.63, 3.8) is 0 Å². The van der Waals surface area contributed by atoms with E-state index < -0.39 is 5.25 Å². The average Bonchev–Trinajstić information content (AvgIpc) is 2.82. The van der Waals surface area contributed by atoms with Crippen molar-refractivity contribution in [3.05, 3.63) is 28.2 Å². The highest BCUT2D eigenvalue weighted by molar-refractivity contribution is 8.15. The summed E-state index contributed by atoms with van der Waals surface area (Å²) in [4.78, 5) is 28.4. The SMILES string of the molecule is COC[C@H](C)N=C1NC(=O)[C@H](CC(=O)Nc2ccc(Cl)c(Cl)c2)S1. The van der Waals surface area contributed by atoms with Crippen LogP contribution in [-0.2, 0) is 14.3 Å². The van der Waals surface area contributed by atoms with Crippen LogP contribution < -0.4 is 10.6 Å². The molecule has 2 rings (SSSR count). The maximum atomic E-state index is 12.1. The van der Waals surface area contributed by atoms with Crippen molar-refractivity contribution >= 4 is 57.6 Å². The van der Waals surface area contributed by atoms with E-state index in [-0.39, 0.29) is 24.3 Å². The van der Waals surface area contributed by atoms with Gasteiger partial charge in [0, 0.05) is 19.2 Å². The first kappa shape index (κ1) is 19.1. The standard InChI is InChI=1S/C15H17Cl2N3O3S/c1-8(7-23-2)18-15-20-14(22)12(24-15)6-13(21)19-9-3-4-10(16)11(17)5-9/h3-5,8,12H,6-7H2,1-2H3,(H,19,21)(H,18,20,22)/t8-,12-/m0/s1. The van der Waals surface area contributed by atoms with Crippen LogP contribution in [0.2, 0.25) is 10.0 Å². The Balaban J connectivity index is 1.92. The van der Waals surface area contributed by atoms with Crippen molar-refractivity contribution < 1.29 is 14.3 Å². The van der Waals surface area contributed by atoms with Gasteiger partial charge in [0.15, 0.2) is 5.17 Å². The fourth-order valence-corrected chi connectivity index (χ4v) is 3.40. The molecule has 0 unspecified atom stereocenters. The Labute approximate surface area is 154 Å². The molecule has 0 bridgehead atoms. The number of rotatable bonds is 6. The third kappa shape index (κ3) is 5.37. The number of halogens is 2. The van der Waals surface area contributed by atoms with E-state index in [1.165, 1.54) is 11.8 Å². The number of carbonyl (C=O) groups is 2. The van der Waals surface area contributed by atoms with E-state index in [0.29, 0.717) is 27.5 Å². The summed E-state index contributed by atoms with van der Waals surface area (Å²) in [7, 11) is 1.59. The van der Waals surface area contributed by atoms with Gasteiger partial charge < -0.3 is 15.4 Å². The first-order valence-corrected chi connectivity index (χ1v) is 8.81. The zero-order valence-corrected chi connectivity index (χ0v) is 15.5. The molecule has 0 aliphatic carbocycles. The molecule has 2 amide bonds. The van der Waals surface area contributed by atoms with Crippen molar-refractivity contribution in [2.45, 2.75) is 24.6 Å². The molecule has 1 aromatic carbocycles. The minimum Gasteiger partial charge on any atom is -0.382 e. The van der Waals surface area contributed by atoms with Crippen LogP contribution in [0, 0.1) is 0 Å². The number of amides is 2. The van der Waals surface area contributed by atoms with Gasteiger partial charge in [-0.05, 0) is 25.1 Å². The number of nitrogens with one attached hydrogen (secondary N) is 2. The van der Waals surface area contributed by atoms with Crippen LogP contribution in [0.25, 0.3) is 0 Å². The Morgan fingerprint density at radius 2 is 2.21 bits per heavy atom. The molecule has 1 aromatic rings. The minimum absolute atomic E-state index is 0.0361. The molecule has 9 heteroatoms. The molecule has 2 N–H and O–H groups in total. The molecule has 1 saturated heterocycles. The summed E-state index contributed by atoms with van der Waals surface area (Å²) in [6.07, 6.45) is 0.0361. The zero-order chi connectivity index (χ0) is 17.7. The summed E-state index contributed by atoms with van der Waals surface area (Å²) in [5, 5.41) is 6.14. The molecular weight excluding hydrogens is 373 g/mol. The van der Waals surface area contributed by atoms with Crippen molar-refractivity contribution in [1.29, 1.82) is 0 Å². The van der Waals surface area contributed by atoms with Gasteiger partial charge in [0.2, 0.25) is 11.8 Å². The molecule has 0 spiro atoms. The molecule has 1 aliphatic heterocycles. The number of nitrogens with zero attached hydrogens (tertiary/aromatic N) is 1. The van der Waals surface area contributed by atoms with E-state index in [1.807, 2.05) is 6.92 Å². The predicted octanol–water partition coefficient (Wildman–Crippen LogP) is 2.94. The van der Waals surface area contributed by atoms with E-state index >= 15 is 0 Å². The van der Waals surface area contributed by atoms with Gasteiger partial charge in [-0.25, -0.2) is 0 Å². The normalized spacial score (nSPS) is 20.1. The maximum Gasteiger partial charge on any atom is 0.240 e. The highest BCUT2D eigenvalue weighted by Gasteiger charge is 2.32. The van der Waals surface area contributed by atoms with Gasteiger partial charge in [-0.3, -0.25) is 14.6 Å². The van der Waals surface area contributed by atoms with E-state index in [0.717, 1.165) is 0 Å².